The maximum atomic E-state index is 12.8. The summed E-state index contributed by atoms with van der Waals surface area (Å²) in [6.07, 6.45) is 8.21. The molecule has 1 amide bonds. The summed E-state index contributed by atoms with van der Waals surface area (Å²) >= 11 is 0. The summed E-state index contributed by atoms with van der Waals surface area (Å²) in [6, 6.07) is 3.98. The Morgan fingerprint density at radius 1 is 1.29 bits per heavy atom. The third-order valence-electron chi connectivity index (χ3n) is 6.64. The van der Waals surface area contributed by atoms with Crippen molar-refractivity contribution in [2.75, 3.05) is 59.5 Å². The predicted octanol–water partition coefficient (Wildman–Crippen LogP) is 1.66. The van der Waals surface area contributed by atoms with Crippen molar-refractivity contribution in [1.29, 1.82) is 0 Å². The average molecular weight is 387 g/mol. The molecule has 0 aliphatic carbocycles. The highest BCUT2D eigenvalue weighted by molar-refractivity contribution is 5.76. The molecule has 0 saturated carbocycles. The Morgan fingerprint density at radius 2 is 2.14 bits per heavy atom. The summed E-state index contributed by atoms with van der Waals surface area (Å²) in [7, 11) is 2.20. The summed E-state index contributed by atoms with van der Waals surface area (Å²) in [6.45, 7) is 8.31. The number of nitrogens with zero attached hydrogens (tertiary/aromatic N) is 4. The van der Waals surface area contributed by atoms with Crippen LogP contribution >= 0.6 is 0 Å². The lowest BCUT2D eigenvalue weighted by Crippen LogP contribution is -2.50. The molecule has 3 saturated heterocycles. The molecule has 6 heteroatoms. The Balaban J connectivity index is 1.26. The van der Waals surface area contributed by atoms with Gasteiger partial charge < -0.3 is 19.4 Å². The van der Waals surface area contributed by atoms with Crippen molar-refractivity contribution in [3.8, 4) is 0 Å². The molecule has 0 N–H and O–H groups in total. The largest absolute Gasteiger partial charge is 0.373 e. The highest BCUT2D eigenvalue weighted by Crippen LogP contribution is 2.38. The number of amides is 1. The molecule has 0 aromatic carbocycles. The Hall–Kier alpha value is -1.50. The summed E-state index contributed by atoms with van der Waals surface area (Å²) in [5.74, 6) is 0.864. The first-order valence-electron chi connectivity index (χ1n) is 10.8. The number of aromatic nitrogens is 1. The summed E-state index contributed by atoms with van der Waals surface area (Å²) in [5, 5.41) is 0. The SMILES string of the molecule is CN1CCN(C[C@H]2CO[C@]3(CCCN(C(=O)CCc4cccnc4)C3)C2)CC1. The molecule has 1 aromatic heterocycles. The van der Waals surface area contributed by atoms with Gasteiger partial charge in [0.05, 0.1) is 12.2 Å². The summed E-state index contributed by atoms with van der Waals surface area (Å²) < 4.78 is 6.36. The van der Waals surface area contributed by atoms with E-state index in [1.54, 1.807) is 6.20 Å². The maximum Gasteiger partial charge on any atom is 0.223 e. The Labute approximate surface area is 168 Å². The fraction of sp³-hybridized carbons (Fsp3) is 0.727. The minimum absolute atomic E-state index is 0.0978. The lowest BCUT2D eigenvalue weighted by atomic mass is 9.86. The first-order chi connectivity index (χ1) is 13.6. The zero-order valence-corrected chi connectivity index (χ0v) is 17.2. The summed E-state index contributed by atoms with van der Waals surface area (Å²) in [4.78, 5) is 24.0. The quantitative estimate of drug-likeness (QED) is 0.770. The second kappa shape index (κ2) is 8.89. The molecule has 0 bridgehead atoms. The highest BCUT2D eigenvalue weighted by Gasteiger charge is 2.44. The number of piperidine rings is 1. The zero-order chi connectivity index (χ0) is 19.4. The van der Waals surface area contributed by atoms with Crippen molar-refractivity contribution in [3.63, 3.8) is 0 Å². The van der Waals surface area contributed by atoms with Gasteiger partial charge in [-0.15, -0.1) is 0 Å². The molecule has 3 aliphatic heterocycles. The first kappa shape index (κ1) is 19.8. The van der Waals surface area contributed by atoms with Gasteiger partial charge in [-0.25, -0.2) is 0 Å². The van der Waals surface area contributed by atoms with Crippen LogP contribution in [0.1, 0.15) is 31.2 Å². The van der Waals surface area contributed by atoms with Crippen molar-refractivity contribution >= 4 is 5.91 Å². The lowest BCUT2D eigenvalue weighted by molar-refractivity contribution is -0.139. The molecule has 1 aromatic rings. The number of hydrogen-bond acceptors (Lipinski definition) is 5. The van der Waals surface area contributed by atoms with E-state index >= 15 is 0 Å². The Morgan fingerprint density at radius 3 is 2.93 bits per heavy atom. The molecule has 2 atom stereocenters. The van der Waals surface area contributed by atoms with E-state index in [2.05, 4.69) is 26.7 Å². The van der Waals surface area contributed by atoms with E-state index in [0.29, 0.717) is 12.3 Å². The van der Waals surface area contributed by atoms with Gasteiger partial charge >= 0.3 is 0 Å². The van der Waals surface area contributed by atoms with Gasteiger partial charge in [-0.3, -0.25) is 9.78 Å². The molecular formula is C22H34N4O2. The second-order valence-electron chi connectivity index (χ2n) is 8.95. The normalized spacial score (nSPS) is 29.5. The van der Waals surface area contributed by atoms with Gasteiger partial charge in [0.15, 0.2) is 0 Å². The van der Waals surface area contributed by atoms with Gasteiger partial charge in [-0.05, 0) is 50.3 Å². The smallest absolute Gasteiger partial charge is 0.223 e. The number of hydrogen-bond donors (Lipinski definition) is 0. The van der Waals surface area contributed by atoms with Gasteiger partial charge in [0.25, 0.3) is 0 Å². The zero-order valence-electron chi connectivity index (χ0n) is 17.2. The molecule has 28 heavy (non-hydrogen) atoms. The molecule has 1 spiro atoms. The number of carbonyl (C=O) groups is 1. The number of carbonyl (C=O) groups excluding carboxylic acids is 1. The standard InChI is InChI=1S/C22H34N4O2/c1-24-10-12-25(13-11-24)16-20-14-22(28-17-20)7-3-9-26(18-22)21(27)6-5-19-4-2-8-23-15-19/h2,4,8,15,20H,3,5-7,9-14,16-18H2,1H3/t20-,22+/m0/s1. The number of aryl methyl sites for hydroxylation is 1. The predicted molar refractivity (Wildman–Crippen MR) is 109 cm³/mol. The number of piperazine rings is 1. The van der Waals surface area contributed by atoms with Crippen LogP contribution < -0.4 is 0 Å². The van der Waals surface area contributed by atoms with Crippen molar-refractivity contribution in [3.05, 3.63) is 30.1 Å². The van der Waals surface area contributed by atoms with E-state index in [1.807, 2.05) is 18.3 Å². The lowest BCUT2D eigenvalue weighted by Gasteiger charge is -2.40. The van der Waals surface area contributed by atoms with Crippen molar-refractivity contribution in [2.45, 2.75) is 37.7 Å². The van der Waals surface area contributed by atoms with Crippen LogP contribution in [0.25, 0.3) is 0 Å². The molecule has 6 nitrogen and oxygen atoms in total. The van der Waals surface area contributed by atoms with E-state index in [1.165, 1.54) is 13.1 Å². The van der Waals surface area contributed by atoms with Crippen molar-refractivity contribution in [1.82, 2.24) is 19.7 Å². The molecular weight excluding hydrogens is 352 g/mol. The number of rotatable bonds is 5. The van der Waals surface area contributed by atoms with Crippen molar-refractivity contribution < 1.29 is 9.53 Å². The third-order valence-corrected chi connectivity index (χ3v) is 6.64. The molecule has 0 radical (unpaired) electrons. The van der Waals surface area contributed by atoms with E-state index < -0.39 is 0 Å². The minimum Gasteiger partial charge on any atom is -0.373 e. The third kappa shape index (κ3) is 4.91. The second-order valence-corrected chi connectivity index (χ2v) is 8.95. The molecule has 3 aliphatic rings. The Kier molecular flexibility index (Phi) is 6.28. The van der Waals surface area contributed by atoms with E-state index in [0.717, 1.165) is 70.6 Å². The minimum atomic E-state index is -0.0978. The fourth-order valence-electron chi connectivity index (χ4n) is 5.00. The first-order valence-corrected chi connectivity index (χ1v) is 10.8. The topological polar surface area (TPSA) is 48.9 Å². The van der Waals surface area contributed by atoms with Crippen molar-refractivity contribution in [2.24, 2.45) is 5.92 Å². The van der Waals surface area contributed by atoms with Crippen LogP contribution in [0, 0.1) is 5.92 Å². The number of ether oxygens (including phenoxy) is 1. The van der Waals surface area contributed by atoms with Gasteiger partial charge in [0.2, 0.25) is 5.91 Å². The number of pyridine rings is 1. The number of likely N-dealkylation sites (tertiary alicyclic amines) is 1. The van der Waals surface area contributed by atoms with Crippen LogP contribution in [-0.2, 0) is 16.0 Å². The molecule has 4 rings (SSSR count). The van der Waals surface area contributed by atoms with Crippen LogP contribution in [0.2, 0.25) is 0 Å². The van der Waals surface area contributed by atoms with E-state index in [-0.39, 0.29) is 11.5 Å². The number of likely N-dealkylation sites (N-methyl/N-ethyl adjacent to an activating group) is 1. The molecule has 154 valence electrons. The van der Waals surface area contributed by atoms with Crippen LogP contribution in [0.15, 0.2) is 24.5 Å². The van der Waals surface area contributed by atoms with E-state index in [9.17, 15) is 4.79 Å². The fourth-order valence-corrected chi connectivity index (χ4v) is 5.00. The van der Waals surface area contributed by atoms with Gasteiger partial charge in [0.1, 0.15) is 0 Å². The van der Waals surface area contributed by atoms with Crippen LogP contribution in [-0.4, -0.2) is 90.7 Å². The van der Waals surface area contributed by atoms with Crippen LogP contribution in [0.5, 0.6) is 0 Å². The monoisotopic (exact) mass is 386 g/mol. The van der Waals surface area contributed by atoms with Gasteiger partial charge in [-0.2, -0.15) is 0 Å². The average Bonchev–Trinajstić information content (AvgIpc) is 3.10. The van der Waals surface area contributed by atoms with Crippen LogP contribution in [0.4, 0.5) is 0 Å². The summed E-state index contributed by atoms with van der Waals surface area (Å²) in [5.41, 5.74) is 1.03. The maximum absolute atomic E-state index is 12.8. The molecule has 0 unspecified atom stereocenters. The highest BCUT2D eigenvalue weighted by atomic mass is 16.5. The van der Waals surface area contributed by atoms with Gasteiger partial charge in [0, 0.05) is 64.6 Å². The van der Waals surface area contributed by atoms with Gasteiger partial charge in [-0.1, -0.05) is 6.07 Å². The molecule has 4 heterocycles. The van der Waals surface area contributed by atoms with Crippen LogP contribution in [0.3, 0.4) is 0 Å². The van der Waals surface area contributed by atoms with E-state index in [4.69, 9.17) is 4.74 Å². The molecule has 3 fully saturated rings. The Bertz CT molecular complexity index is 647.